The molecule has 1 saturated heterocycles. The first kappa shape index (κ1) is 18.2. The predicted molar refractivity (Wildman–Crippen MR) is 83.7 cm³/mol. The number of carbonyl (C=O) groups is 4. The van der Waals surface area contributed by atoms with Gasteiger partial charge in [0.1, 0.15) is 18.3 Å². The van der Waals surface area contributed by atoms with Crippen LogP contribution in [0.2, 0.25) is 0 Å². The van der Waals surface area contributed by atoms with Crippen LogP contribution in [0.1, 0.15) is 5.56 Å². The van der Waals surface area contributed by atoms with Gasteiger partial charge in [0.25, 0.3) is 5.91 Å². The Morgan fingerprint density at radius 2 is 1.72 bits per heavy atom. The van der Waals surface area contributed by atoms with E-state index in [-0.39, 0.29) is 13.0 Å². The summed E-state index contributed by atoms with van der Waals surface area (Å²) in [5.41, 5.74) is 0.781. The minimum atomic E-state index is -0.751. The molecule has 1 aliphatic heterocycles. The van der Waals surface area contributed by atoms with E-state index in [0.717, 1.165) is 10.5 Å². The predicted octanol–water partition coefficient (Wildman–Crippen LogP) is -0.126. The summed E-state index contributed by atoms with van der Waals surface area (Å²) in [4.78, 5) is 47.1. The highest BCUT2D eigenvalue weighted by molar-refractivity contribution is 6.06. The number of imide groups is 1. The molecule has 2 rings (SSSR count). The molecule has 0 radical (unpaired) electrons. The molecular formula is C16H18N2O7. The van der Waals surface area contributed by atoms with E-state index in [1.807, 2.05) is 0 Å². The van der Waals surface area contributed by atoms with Crippen molar-refractivity contribution in [3.63, 3.8) is 0 Å². The average molecular weight is 350 g/mol. The number of ether oxygens (including phenoxy) is 3. The second kappa shape index (κ2) is 8.13. The van der Waals surface area contributed by atoms with Gasteiger partial charge < -0.3 is 19.5 Å². The monoisotopic (exact) mass is 350 g/mol. The third-order valence-electron chi connectivity index (χ3n) is 3.57. The number of carbonyl (C=O) groups excluding carboxylic acids is 4. The van der Waals surface area contributed by atoms with Gasteiger partial charge >= 0.3 is 18.0 Å². The fourth-order valence-electron chi connectivity index (χ4n) is 2.22. The van der Waals surface area contributed by atoms with Crippen LogP contribution in [0, 0.1) is 0 Å². The van der Waals surface area contributed by atoms with Crippen molar-refractivity contribution in [3.8, 4) is 5.75 Å². The number of esters is 2. The molecule has 0 aliphatic carbocycles. The van der Waals surface area contributed by atoms with E-state index >= 15 is 0 Å². The molecule has 0 saturated carbocycles. The number of hydrogen-bond donors (Lipinski definition) is 1. The van der Waals surface area contributed by atoms with Gasteiger partial charge in [0.05, 0.1) is 14.2 Å². The topological polar surface area (TPSA) is 111 Å². The van der Waals surface area contributed by atoms with Gasteiger partial charge in [-0.15, -0.1) is 0 Å². The zero-order valence-electron chi connectivity index (χ0n) is 13.8. The molecule has 0 aromatic heterocycles. The molecule has 1 N–H and O–H groups in total. The lowest BCUT2D eigenvalue weighted by Gasteiger charge is -2.11. The Labute approximate surface area is 143 Å². The SMILES string of the molecule is COC(=O)COc1ccc(CC2NC(=O)N(CC(=O)OC)C2=O)cc1. The molecule has 0 spiro atoms. The van der Waals surface area contributed by atoms with Gasteiger partial charge in [-0.05, 0) is 17.7 Å². The van der Waals surface area contributed by atoms with E-state index in [4.69, 9.17) is 4.74 Å². The van der Waals surface area contributed by atoms with E-state index in [0.29, 0.717) is 5.75 Å². The zero-order valence-corrected chi connectivity index (χ0v) is 13.8. The number of benzene rings is 1. The largest absolute Gasteiger partial charge is 0.482 e. The van der Waals surface area contributed by atoms with Crippen molar-refractivity contribution in [1.29, 1.82) is 0 Å². The van der Waals surface area contributed by atoms with Crippen LogP contribution in [-0.4, -0.2) is 62.2 Å². The highest BCUT2D eigenvalue weighted by Gasteiger charge is 2.39. The molecule has 1 heterocycles. The van der Waals surface area contributed by atoms with Crippen molar-refractivity contribution in [1.82, 2.24) is 10.2 Å². The lowest BCUT2D eigenvalue weighted by molar-refractivity contribution is -0.144. The van der Waals surface area contributed by atoms with Crippen molar-refractivity contribution in [2.45, 2.75) is 12.5 Å². The van der Waals surface area contributed by atoms with Gasteiger partial charge in [-0.1, -0.05) is 12.1 Å². The summed E-state index contributed by atoms with van der Waals surface area (Å²) >= 11 is 0. The quantitative estimate of drug-likeness (QED) is 0.539. The van der Waals surface area contributed by atoms with Crippen LogP contribution in [0.4, 0.5) is 4.79 Å². The molecule has 1 atom stereocenters. The normalized spacial score (nSPS) is 16.4. The van der Waals surface area contributed by atoms with Crippen LogP contribution in [0.15, 0.2) is 24.3 Å². The Hall–Kier alpha value is -3.10. The number of methoxy groups -OCH3 is 2. The van der Waals surface area contributed by atoms with Gasteiger partial charge in [0.15, 0.2) is 6.61 Å². The Morgan fingerprint density at radius 3 is 2.32 bits per heavy atom. The summed E-state index contributed by atoms with van der Waals surface area (Å²) in [7, 11) is 2.45. The van der Waals surface area contributed by atoms with E-state index in [2.05, 4.69) is 14.8 Å². The molecule has 3 amide bonds. The van der Waals surface area contributed by atoms with E-state index in [1.165, 1.54) is 14.2 Å². The molecule has 1 aromatic rings. The van der Waals surface area contributed by atoms with Gasteiger partial charge in [-0.2, -0.15) is 0 Å². The van der Waals surface area contributed by atoms with Gasteiger partial charge in [-0.25, -0.2) is 9.59 Å². The minimum absolute atomic E-state index is 0.199. The second-order valence-electron chi connectivity index (χ2n) is 5.22. The average Bonchev–Trinajstić information content (AvgIpc) is 2.88. The zero-order chi connectivity index (χ0) is 18.4. The third kappa shape index (κ3) is 4.69. The second-order valence-corrected chi connectivity index (χ2v) is 5.22. The number of amides is 3. The molecule has 1 aliphatic rings. The molecule has 134 valence electrons. The van der Waals surface area contributed by atoms with Crippen molar-refractivity contribution in [2.75, 3.05) is 27.4 Å². The van der Waals surface area contributed by atoms with Crippen LogP contribution < -0.4 is 10.1 Å². The number of nitrogens with zero attached hydrogens (tertiary/aromatic N) is 1. The molecule has 1 unspecified atom stereocenters. The highest BCUT2D eigenvalue weighted by Crippen LogP contribution is 2.16. The molecule has 1 aromatic carbocycles. The molecular weight excluding hydrogens is 332 g/mol. The van der Waals surface area contributed by atoms with Crippen LogP contribution >= 0.6 is 0 Å². The van der Waals surface area contributed by atoms with Crippen LogP contribution in [0.3, 0.4) is 0 Å². The molecule has 25 heavy (non-hydrogen) atoms. The Morgan fingerprint density at radius 1 is 1.08 bits per heavy atom. The standard InChI is InChI=1S/C16H18N2O7/c1-23-13(19)8-18-15(21)12(17-16(18)22)7-10-3-5-11(6-4-10)25-9-14(20)24-2/h3-6,12H,7-9H2,1-2H3,(H,17,22). The van der Waals surface area contributed by atoms with Crippen molar-refractivity contribution in [2.24, 2.45) is 0 Å². The van der Waals surface area contributed by atoms with E-state index < -0.39 is 36.5 Å². The molecule has 9 heteroatoms. The smallest absolute Gasteiger partial charge is 0.343 e. The summed E-state index contributed by atoms with van der Waals surface area (Å²) in [5, 5.41) is 2.53. The van der Waals surface area contributed by atoms with Crippen molar-refractivity contribution < 1.29 is 33.4 Å². The summed E-state index contributed by atoms with van der Waals surface area (Å²) < 4.78 is 14.2. The van der Waals surface area contributed by atoms with Crippen LogP contribution in [0.25, 0.3) is 0 Å². The lowest BCUT2D eigenvalue weighted by Crippen LogP contribution is -2.36. The number of hydrogen-bond acceptors (Lipinski definition) is 7. The summed E-state index contributed by atoms with van der Waals surface area (Å²) in [5.74, 6) is -1.17. The minimum Gasteiger partial charge on any atom is -0.482 e. The summed E-state index contributed by atoms with van der Waals surface area (Å²) in [6.45, 7) is -0.618. The van der Waals surface area contributed by atoms with Gasteiger partial charge in [0.2, 0.25) is 0 Å². The number of nitrogens with one attached hydrogen (secondary N) is 1. The maximum absolute atomic E-state index is 12.2. The Balaban J connectivity index is 1.93. The highest BCUT2D eigenvalue weighted by atomic mass is 16.6. The maximum Gasteiger partial charge on any atom is 0.343 e. The van der Waals surface area contributed by atoms with Gasteiger partial charge in [0, 0.05) is 6.42 Å². The lowest BCUT2D eigenvalue weighted by atomic mass is 10.1. The fraction of sp³-hybridized carbons (Fsp3) is 0.375. The van der Waals surface area contributed by atoms with Crippen molar-refractivity contribution >= 4 is 23.9 Å². The molecule has 0 bridgehead atoms. The third-order valence-corrected chi connectivity index (χ3v) is 3.57. The van der Waals surface area contributed by atoms with Crippen LogP contribution in [0.5, 0.6) is 5.75 Å². The maximum atomic E-state index is 12.2. The van der Waals surface area contributed by atoms with Crippen LogP contribution in [-0.2, 0) is 30.3 Å². The number of urea groups is 1. The molecule has 1 fully saturated rings. The van der Waals surface area contributed by atoms with Gasteiger partial charge in [-0.3, -0.25) is 14.5 Å². The van der Waals surface area contributed by atoms with Crippen molar-refractivity contribution in [3.05, 3.63) is 29.8 Å². The number of rotatable bonds is 7. The Kier molecular flexibility index (Phi) is 5.93. The Bertz CT molecular complexity index is 672. The first-order chi connectivity index (χ1) is 11.9. The fourth-order valence-corrected chi connectivity index (χ4v) is 2.22. The summed E-state index contributed by atoms with van der Waals surface area (Å²) in [6, 6.07) is 5.35. The first-order valence-corrected chi connectivity index (χ1v) is 7.42. The first-order valence-electron chi connectivity index (χ1n) is 7.42. The van der Waals surface area contributed by atoms with E-state index in [1.54, 1.807) is 24.3 Å². The molecule has 9 nitrogen and oxygen atoms in total. The summed E-state index contributed by atoms with van der Waals surface area (Å²) in [6.07, 6.45) is 0.263. The van der Waals surface area contributed by atoms with E-state index in [9.17, 15) is 19.2 Å².